The molecule has 0 saturated carbocycles. The van der Waals surface area contributed by atoms with Gasteiger partial charge in [-0.05, 0) is 19.8 Å². The maximum Gasteiger partial charge on any atom is 0.359 e. The Morgan fingerprint density at radius 3 is 2.60 bits per heavy atom. The van der Waals surface area contributed by atoms with Crippen molar-refractivity contribution in [3.8, 4) is 0 Å². The van der Waals surface area contributed by atoms with Crippen molar-refractivity contribution in [1.82, 2.24) is 9.78 Å². The third-order valence-electron chi connectivity index (χ3n) is 2.39. The van der Waals surface area contributed by atoms with Crippen LogP contribution in [-0.4, -0.2) is 22.4 Å². The van der Waals surface area contributed by atoms with E-state index in [-0.39, 0.29) is 5.97 Å². The highest BCUT2D eigenvalue weighted by Crippen LogP contribution is 2.13. The Hall–Kier alpha value is -1.32. The zero-order valence-electron chi connectivity index (χ0n) is 9.83. The van der Waals surface area contributed by atoms with Gasteiger partial charge in [0.1, 0.15) is 0 Å². The fraction of sp³-hybridized carbons (Fsp3) is 0.636. The Morgan fingerprint density at radius 2 is 2.13 bits per heavy atom. The summed E-state index contributed by atoms with van der Waals surface area (Å²) in [6.07, 6.45) is 1.70. The number of hydrogen-bond donors (Lipinski definition) is 0. The molecular formula is C11H18N2O2. The molecule has 0 aromatic carbocycles. The van der Waals surface area contributed by atoms with Gasteiger partial charge in [0.15, 0.2) is 5.69 Å². The van der Waals surface area contributed by atoms with Gasteiger partial charge in [-0.25, -0.2) is 4.79 Å². The minimum absolute atomic E-state index is 0.315. The number of rotatable bonds is 4. The zero-order valence-corrected chi connectivity index (χ0v) is 9.83. The van der Waals surface area contributed by atoms with Gasteiger partial charge in [-0.3, -0.25) is 4.68 Å². The van der Waals surface area contributed by atoms with Crippen LogP contribution < -0.4 is 0 Å². The standard InChI is InChI=1S/C11H18N2O2/c1-5-7-15-11(14)10-8(3)9(6-2)13(4)12-10/h5-7H2,1-4H3. The highest BCUT2D eigenvalue weighted by atomic mass is 16.5. The normalized spacial score (nSPS) is 10.4. The third kappa shape index (κ3) is 2.37. The molecule has 0 aliphatic heterocycles. The second kappa shape index (κ2) is 4.96. The van der Waals surface area contributed by atoms with Gasteiger partial charge in [0, 0.05) is 18.3 Å². The summed E-state index contributed by atoms with van der Waals surface area (Å²) in [5, 5.41) is 4.18. The van der Waals surface area contributed by atoms with E-state index in [0.29, 0.717) is 12.3 Å². The smallest absolute Gasteiger partial charge is 0.359 e. The molecule has 0 aliphatic carbocycles. The van der Waals surface area contributed by atoms with Crippen molar-refractivity contribution in [2.24, 2.45) is 7.05 Å². The largest absolute Gasteiger partial charge is 0.461 e. The summed E-state index contributed by atoms with van der Waals surface area (Å²) in [7, 11) is 1.85. The third-order valence-corrected chi connectivity index (χ3v) is 2.39. The summed E-state index contributed by atoms with van der Waals surface area (Å²) >= 11 is 0. The van der Waals surface area contributed by atoms with Crippen LogP contribution in [0.3, 0.4) is 0 Å². The predicted molar refractivity (Wildman–Crippen MR) is 57.9 cm³/mol. The molecule has 1 heterocycles. The average Bonchev–Trinajstić information content (AvgIpc) is 2.50. The summed E-state index contributed by atoms with van der Waals surface area (Å²) < 4.78 is 6.80. The fourth-order valence-corrected chi connectivity index (χ4v) is 1.62. The molecule has 0 atom stereocenters. The van der Waals surface area contributed by atoms with Gasteiger partial charge in [0.25, 0.3) is 0 Å². The van der Waals surface area contributed by atoms with Crippen molar-refractivity contribution in [1.29, 1.82) is 0 Å². The van der Waals surface area contributed by atoms with Crippen molar-refractivity contribution in [2.45, 2.75) is 33.6 Å². The molecule has 0 unspecified atom stereocenters. The molecule has 0 N–H and O–H groups in total. The molecule has 4 heteroatoms. The Bertz CT molecular complexity index is 356. The Kier molecular flexibility index (Phi) is 3.88. The lowest BCUT2D eigenvalue weighted by Crippen LogP contribution is -2.08. The molecule has 15 heavy (non-hydrogen) atoms. The number of aromatic nitrogens is 2. The van der Waals surface area contributed by atoms with E-state index in [1.807, 2.05) is 27.8 Å². The van der Waals surface area contributed by atoms with Gasteiger partial charge in [0.05, 0.1) is 6.61 Å². The molecule has 0 fully saturated rings. The monoisotopic (exact) mass is 210 g/mol. The van der Waals surface area contributed by atoms with Crippen molar-refractivity contribution in [2.75, 3.05) is 6.61 Å². The van der Waals surface area contributed by atoms with Gasteiger partial charge in [-0.1, -0.05) is 13.8 Å². The zero-order chi connectivity index (χ0) is 11.4. The van der Waals surface area contributed by atoms with Crippen LogP contribution in [0.25, 0.3) is 0 Å². The van der Waals surface area contributed by atoms with E-state index in [0.717, 1.165) is 24.1 Å². The van der Waals surface area contributed by atoms with E-state index in [2.05, 4.69) is 5.10 Å². The van der Waals surface area contributed by atoms with E-state index in [1.54, 1.807) is 4.68 Å². The van der Waals surface area contributed by atoms with Gasteiger partial charge >= 0.3 is 5.97 Å². The molecule has 84 valence electrons. The lowest BCUT2D eigenvalue weighted by atomic mass is 10.2. The molecule has 4 nitrogen and oxygen atoms in total. The maximum atomic E-state index is 11.6. The molecule has 0 aliphatic rings. The average molecular weight is 210 g/mol. The number of ether oxygens (including phenoxy) is 1. The lowest BCUT2D eigenvalue weighted by molar-refractivity contribution is 0.0496. The molecule has 1 aromatic heterocycles. The molecule has 0 spiro atoms. The lowest BCUT2D eigenvalue weighted by Gasteiger charge is -2.00. The van der Waals surface area contributed by atoms with Crippen molar-refractivity contribution in [3.63, 3.8) is 0 Å². The molecule has 1 rings (SSSR count). The Labute approximate surface area is 90.2 Å². The second-order valence-corrected chi connectivity index (χ2v) is 3.53. The number of hydrogen-bond acceptors (Lipinski definition) is 3. The quantitative estimate of drug-likeness (QED) is 0.712. The fourth-order valence-electron chi connectivity index (χ4n) is 1.62. The summed E-state index contributed by atoms with van der Waals surface area (Å²) in [6.45, 7) is 6.38. The van der Waals surface area contributed by atoms with Crippen LogP contribution in [0.2, 0.25) is 0 Å². The SMILES string of the molecule is CCCOC(=O)c1nn(C)c(CC)c1C. The van der Waals surface area contributed by atoms with E-state index in [9.17, 15) is 4.79 Å². The minimum atomic E-state index is -0.315. The Balaban J connectivity index is 2.90. The van der Waals surface area contributed by atoms with Gasteiger partial charge < -0.3 is 4.74 Å². The van der Waals surface area contributed by atoms with Crippen LogP contribution in [0.4, 0.5) is 0 Å². The number of carbonyl (C=O) groups excluding carboxylic acids is 1. The Morgan fingerprint density at radius 1 is 1.47 bits per heavy atom. The minimum Gasteiger partial charge on any atom is -0.461 e. The van der Waals surface area contributed by atoms with Gasteiger partial charge in [-0.15, -0.1) is 0 Å². The van der Waals surface area contributed by atoms with Crippen LogP contribution in [0, 0.1) is 6.92 Å². The molecule has 0 amide bonds. The van der Waals surface area contributed by atoms with Crippen molar-refractivity contribution in [3.05, 3.63) is 17.0 Å². The van der Waals surface area contributed by atoms with Crippen molar-refractivity contribution >= 4 is 5.97 Å². The number of carbonyl (C=O) groups is 1. The first kappa shape index (κ1) is 11.8. The van der Waals surface area contributed by atoms with E-state index >= 15 is 0 Å². The molecule has 1 aromatic rings. The molecule has 0 saturated heterocycles. The van der Waals surface area contributed by atoms with Gasteiger partial charge in [-0.2, -0.15) is 5.10 Å². The maximum absolute atomic E-state index is 11.6. The first-order valence-corrected chi connectivity index (χ1v) is 5.31. The van der Waals surface area contributed by atoms with Crippen LogP contribution >= 0.6 is 0 Å². The first-order valence-electron chi connectivity index (χ1n) is 5.31. The number of esters is 1. The van der Waals surface area contributed by atoms with E-state index < -0.39 is 0 Å². The van der Waals surface area contributed by atoms with Gasteiger partial charge in [0.2, 0.25) is 0 Å². The number of aryl methyl sites for hydroxylation is 1. The second-order valence-electron chi connectivity index (χ2n) is 3.53. The molecule has 0 radical (unpaired) electrons. The van der Waals surface area contributed by atoms with Crippen LogP contribution in [0.1, 0.15) is 42.0 Å². The van der Waals surface area contributed by atoms with E-state index in [1.165, 1.54) is 0 Å². The predicted octanol–water partition coefficient (Wildman–Crippen LogP) is 1.86. The summed E-state index contributed by atoms with van der Waals surface area (Å²) in [5.74, 6) is -0.315. The topological polar surface area (TPSA) is 44.1 Å². The highest BCUT2D eigenvalue weighted by Gasteiger charge is 2.18. The van der Waals surface area contributed by atoms with Crippen LogP contribution in [-0.2, 0) is 18.2 Å². The van der Waals surface area contributed by atoms with E-state index in [4.69, 9.17) is 4.74 Å². The number of nitrogens with zero attached hydrogens (tertiary/aromatic N) is 2. The summed E-state index contributed by atoms with van der Waals surface area (Å²) in [4.78, 5) is 11.6. The van der Waals surface area contributed by atoms with Crippen molar-refractivity contribution < 1.29 is 9.53 Å². The first-order chi connectivity index (χ1) is 7.11. The molecular weight excluding hydrogens is 192 g/mol. The van der Waals surface area contributed by atoms with Crippen LogP contribution in [0.15, 0.2) is 0 Å². The molecule has 0 bridgehead atoms. The van der Waals surface area contributed by atoms with Crippen LogP contribution in [0.5, 0.6) is 0 Å². The highest BCUT2D eigenvalue weighted by molar-refractivity contribution is 5.89. The summed E-state index contributed by atoms with van der Waals surface area (Å²) in [5.41, 5.74) is 2.46. The summed E-state index contributed by atoms with van der Waals surface area (Å²) in [6, 6.07) is 0.